The lowest BCUT2D eigenvalue weighted by molar-refractivity contribution is -0.384. The van der Waals surface area contributed by atoms with Crippen molar-refractivity contribution >= 4 is 12.0 Å². The largest absolute Gasteiger partial charge is 0.416 e. The van der Waals surface area contributed by atoms with E-state index in [2.05, 4.69) is 0 Å². The molecule has 0 aliphatic heterocycles. The molecule has 0 atom stereocenters. The van der Waals surface area contributed by atoms with Gasteiger partial charge >= 0.3 is 6.18 Å². The van der Waals surface area contributed by atoms with Crippen molar-refractivity contribution in [2.75, 3.05) is 0 Å². The average molecular weight is 313 g/mol. The van der Waals surface area contributed by atoms with Gasteiger partial charge in [-0.15, -0.1) is 0 Å². The highest BCUT2D eigenvalue weighted by Crippen LogP contribution is 2.36. The second-order valence-corrected chi connectivity index (χ2v) is 4.34. The lowest BCUT2D eigenvalue weighted by Gasteiger charge is -2.10. The van der Waals surface area contributed by atoms with E-state index in [0.29, 0.717) is 12.4 Å². The Hall–Kier alpha value is -2.77. The van der Waals surface area contributed by atoms with Crippen molar-refractivity contribution in [1.29, 1.82) is 0 Å². The summed E-state index contributed by atoms with van der Waals surface area (Å²) in [5.41, 5.74) is -2.31. The molecule has 2 aromatic rings. The van der Waals surface area contributed by atoms with Crippen molar-refractivity contribution in [2.24, 2.45) is 0 Å². The highest BCUT2D eigenvalue weighted by Gasteiger charge is 2.31. The minimum atomic E-state index is -4.72. The molecule has 0 saturated carbocycles. The quantitative estimate of drug-likeness (QED) is 0.369. The van der Waals surface area contributed by atoms with Gasteiger partial charge < -0.3 is 0 Å². The second-order valence-electron chi connectivity index (χ2n) is 4.34. The molecule has 0 aliphatic rings. The van der Waals surface area contributed by atoms with Gasteiger partial charge in [0.05, 0.1) is 16.1 Å². The zero-order valence-electron chi connectivity index (χ0n) is 10.7. The Balaban J connectivity index is 2.62. The zero-order valence-corrected chi connectivity index (χ0v) is 10.7. The number of alkyl halides is 3. The fraction of sp³-hybridized carbons (Fsp3) is 0.0714. The summed E-state index contributed by atoms with van der Waals surface area (Å²) < 4.78 is 51.4. The van der Waals surface area contributed by atoms with Crippen molar-refractivity contribution in [2.45, 2.75) is 6.18 Å². The highest BCUT2D eigenvalue weighted by molar-refractivity contribution is 5.82. The van der Waals surface area contributed by atoms with Crippen LogP contribution >= 0.6 is 0 Å². The molecule has 0 heterocycles. The summed E-state index contributed by atoms with van der Waals surface area (Å²) in [5.74, 6) is -1.24. The molecule has 0 spiro atoms. The van der Waals surface area contributed by atoms with Gasteiger partial charge in [-0.3, -0.25) is 14.9 Å². The Morgan fingerprint density at radius 3 is 2.18 bits per heavy atom. The molecule has 8 heteroatoms. The fourth-order valence-electron chi connectivity index (χ4n) is 1.91. The smallest absolute Gasteiger partial charge is 0.298 e. The Morgan fingerprint density at radius 1 is 1.05 bits per heavy atom. The lowest BCUT2D eigenvalue weighted by Crippen LogP contribution is -2.05. The molecule has 0 aliphatic carbocycles. The van der Waals surface area contributed by atoms with Crippen LogP contribution in [0, 0.1) is 15.9 Å². The normalized spacial score (nSPS) is 11.3. The summed E-state index contributed by atoms with van der Waals surface area (Å²) in [6.07, 6.45) is -4.34. The topological polar surface area (TPSA) is 60.2 Å². The van der Waals surface area contributed by atoms with E-state index in [1.54, 1.807) is 0 Å². The lowest BCUT2D eigenvalue weighted by atomic mass is 10.00. The van der Waals surface area contributed by atoms with Crippen LogP contribution in [0.3, 0.4) is 0 Å². The van der Waals surface area contributed by atoms with E-state index in [-0.39, 0.29) is 22.8 Å². The maximum absolute atomic E-state index is 13.9. The minimum absolute atomic E-state index is 0.00256. The van der Waals surface area contributed by atoms with E-state index in [0.717, 1.165) is 18.2 Å². The van der Waals surface area contributed by atoms with E-state index in [9.17, 15) is 32.5 Å². The third kappa shape index (κ3) is 2.95. The Labute approximate surface area is 121 Å². The van der Waals surface area contributed by atoms with Gasteiger partial charge in [0, 0.05) is 17.2 Å². The van der Waals surface area contributed by atoms with Crippen LogP contribution in [0.5, 0.6) is 0 Å². The molecule has 2 aromatic carbocycles. The number of nitro groups is 1. The van der Waals surface area contributed by atoms with Gasteiger partial charge in [-0.1, -0.05) is 12.1 Å². The molecule has 0 amide bonds. The number of carbonyl (C=O) groups excluding carboxylic acids is 1. The third-order valence-corrected chi connectivity index (χ3v) is 2.94. The molecule has 0 bridgehead atoms. The molecule has 0 fully saturated rings. The van der Waals surface area contributed by atoms with E-state index >= 15 is 0 Å². The zero-order chi connectivity index (χ0) is 16.5. The second kappa shape index (κ2) is 5.55. The summed E-state index contributed by atoms with van der Waals surface area (Å²) in [6.45, 7) is 0. The molecule has 22 heavy (non-hydrogen) atoms. The van der Waals surface area contributed by atoms with Crippen molar-refractivity contribution in [3.63, 3.8) is 0 Å². The number of rotatable bonds is 3. The van der Waals surface area contributed by atoms with Gasteiger partial charge in [0.1, 0.15) is 12.1 Å². The number of nitro benzene ring substituents is 1. The summed E-state index contributed by atoms with van der Waals surface area (Å²) in [7, 11) is 0. The van der Waals surface area contributed by atoms with E-state index in [1.807, 2.05) is 0 Å². The van der Waals surface area contributed by atoms with Crippen molar-refractivity contribution < 1.29 is 27.3 Å². The van der Waals surface area contributed by atoms with Crippen LogP contribution in [0.25, 0.3) is 11.1 Å². The van der Waals surface area contributed by atoms with E-state index in [1.165, 1.54) is 6.07 Å². The standard InChI is InChI=1S/C14H7F4NO3/c15-12-6-9(14(16,17)18)2-4-10(12)11-3-1-8(7-20)5-13(11)19(21)22/h1-7H. The van der Waals surface area contributed by atoms with Gasteiger partial charge in [-0.05, 0) is 18.2 Å². The van der Waals surface area contributed by atoms with Crippen LogP contribution in [-0.2, 0) is 6.18 Å². The first-order valence-corrected chi connectivity index (χ1v) is 5.85. The molecule has 0 radical (unpaired) electrons. The highest BCUT2D eigenvalue weighted by atomic mass is 19.4. The van der Waals surface area contributed by atoms with E-state index < -0.39 is 28.2 Å². The van der Waals surface area contributed by atoms with Gasteiger partial charge in [0.2, 0.25) is 0 Å². The molecule has 4 nitrogen and oxygen atoms in total. The first-order valence-electron chi connectivity index (χ1n) is 5.85. The van der Waals surface area contributed by atoms with Gasteiger partial charge in [0.15, 0.2) is 0 Å². The summed E-state index contributed by atoms with van der Waals surface area (Å²) >= 11 is 0. The Bertz CT molecular complexity index is 756. The predicted molar refractivity (Wildman–Crippen MR) is 68.9 cm³/mol. The molecule has 114 valence electrons. The molecular formula is C14H7F4NO3. The van der Waals surface area contributed by atoms with E-state index in [4.69, 9.17) is 0 Å². The third-order valence-electron chi connectivity index (χ3n) is 2.94. The van der Waals surface area contributed by atoms with Crippen LogP contribution < -0.4 is 0 Å². The fourth-order valence-corrected chi connectivity index (χ4v) is 1.91. The van der Waals surface area contributed by atoms with Crippen LogP contribution in [0.4, 0.5) is 23.2 Å². The number of hydrogen-bond acceptors (Lipinski definition) is 3. The first kappa shape index (κ1) is 15.6. The maximum atomic E-state index is 13.9. The van der Waals surface area contributed by atoms with Gasteiger partial charge in [-0.2, -0.15) is 13.2 Å². The van der Waals surface area contributed by atoms with Crippen LogP contribution in [0.2, 0.25) is 0 Å². The number of halogens is 4. The number of aldehydes is 1. The van der Waals surface area contributed by atoms with Crippen molar-refractivity contribution in [1.82, 2.24) is 0 Å². The number of benzene rings is 2. The minimum Gasteiger partial charge on any atom is -0.298 e. The molecule has 0 saturated heterocycles. The number of hydrogen-bond donors (Lipinski definition) is 0. The van der Waals surface area contributed by atoms with Crippen LogP contribution in [0.1, 0.15) is 15.9 Å². The summed E-state index contributed by atoms with van der Waals surface area (Å²) in [5, 5.41) is 11.0. The molecule has 2 rings (SSSR count). The van der Waals surface area contributed by atoms with Gasteiger partial charge in [-0.25, -0.2) is 4.39 Å². The first-order chi connectivity index (χ1) is 10.2. The average Bonchev–Trinajstić information content (AvgIpc) is 2.45. The molecule has 0 N–H and O–H groups in total. The van der Waals surface area contributed by atoms with Crippen LogP contribution in [0.15, 0.2) is 36.4 Å². The summed E-state index contributed by atoms with van der Waals surface area (Å²) in [4.78, 5) is 20.8. The molecule has 0 unspecified atom stereocenters. The predicted octanol–water partition coefficient (Wildman–Crippen LogP) is 4.23. The number of carbonyl (C=O) groups is 1. The van der Waals surface area contributed by atoms with Crippen molar-refractivity contribution in [3.05, 3.63) is 63.5 Å². The maximum Gasteiger partial charge on any atom is 0.416 e. The molecular weight excluding hydrogens is 306 g/mol. The van der Waals surface area contributed by atoms with Crippen molar-refractivity contribution in [3.8, 4) is 11.1 Å². The number of nitrogens with zero attached hydrogens (tertiary/aromatic N) is 1. The van der Waals surface area contributed by atoms with Gasteiger partial charge in [0.25, 0.3) is 5.69 Å². The van der Waals surface area contributed by atoms with Crippen LogP contribution in [-0.4, -0.2) is 11.2 Å². The molecule has 0 aromatic heterocycles. The Kier molecular flexibility index (Phi) is 3.94. The Morgan fingerprint density at radius 2 is 1.68 bits per heavy atom. The summed E-state index contributed by atoms with van der Waals surface area (Å²) in [6, 6.07) is 4.99. The monoisotopic (exact) mass is 313 g/mol. The SMILES string of the molecule is O=Cc1ccc(-c2ccc(C(F)(F)F)cc2F)c([N+](=O)[O-])c1.